The molecule has 8 nitrogen and oxygen atoms in total. The molecule has 1 saturated heterocycles. The minimum atomic E-state index is -0.471. The number of piperazine rings is 1. The molecule has 2 heterocycles. The second-order valence-corrected chi connectivity index (χ2v) is 10.4. The number of nitrogens with zero attached hydrogens (tertiary/aromatic N) is 4. The summed E-state index contributed by atoms with van der Waals surface area (Å²) in [5, 5.41) is 17.4. The quantitative estimate of drug-likeness (QED) is 0.386. The molecule has 0 saturated carbocycles. The number of nitrogens with one attached hydrogen (secondary N) is 2. The van der Waals surface area contributed by atoms with Crippen LogP contribution >= 0.6 is 15.9 Å². The number of aliphatic hydroxyl groups excluding tert-OH is 1. The predicted octanol–water partition coefficient (Wildman–Crippen LogP) is 5.16. The molecule has 1 atom stereocenters. The molecule has 0 bridgehead atoms. The third kappa shape index (κ3) is 5.14. The number of aryl methyl sites for hydroxylation is 2. The number of aliphatic hydroxyl groups is 1. The Morgan fingerprint density at radius 3 is 2.69 bits per heavy atom. The van der Waals surface area contributed by atoms with Crippen LogP contribution in [0.4, 0.5) is 28.8 Å². The molecule has 0 radical (unpaired) electrons. The normalized spacial score (nSPS) is 18.0. The van der Waals surface area contributed by atoms with Gasteiger partial charge < -0.3 is 30.3 Å². The highest BCUT2D eigenvalue weighted by Gasteiger charge is 2.22. The number of likely N-dealkylation sites (N-methyl/N-ethyl adjacent to an activating group) is 1. The molecule has 1 aromatic heterocycles. The lowest BCUT2D eigenvalue weighted by Gasteiger charge is -2.35. The Hall–Kier alpha value is -2.88. The first-order chi connectivity index (χ1) is 17.4. The van der Waals surface area contributed by atoms with Crippen molar-refractivity contribution in [1.29, 1.82) is 0 Å². The third-order valence-electron chi connectivity index (χ3n) is 7.06. The summed E-state index contributed by atoms with van der Waals surface area (Å²) in [6.07, 6.45) is 4.00. The number of benzene rings is 2. The van der Waals surface area contributed by atoms with Crippen LogP contribution in [-0.2, 0) is 6.42 Å². The molecule has 1 fully saturated rings. The third-order valence-corrected chi connectivity index (χ3v) is 7.64. The standard InChI is InChI=1S/C27H33BrN6O2/c1-17-14-21(24(36-3)15-22(17)34-12-10-33(2)11-13-34)31-27-29-16-19(28)26(32-27)30-20-8-4-6-18-7-5-9-23(35)25(18)20/h4,6,8,14-16,23,35H,5,7,9-13H2,1-3H3,(H2,29,30,31,32). The van der Waals surface area contributed by atoms with Crippen LogP contribution in [0.15, 0.2) is 41.0 Å². The van der Waals surface area contributed by atoms with E-state index < -0.39 is 6.10 Å². The molecule has 1 aliphatic carbocycles. The van der Waals surface area contributed by atoms with Gasteiger partial charge in [0.1, 0.15) is 11.6 Å². The van der Waals surface area contributed by atoms with Gasteiger partial charge in [0, 0.05) is 55.4 Å². The molecule has 3 aromatic rings. The minimum absolute atomic E-state index is 0.455. The summed E-state index contributed by atoms with van der Waals surface area (Å²) in [6.45, 7) is 6.21. The van der Waals surface area contributed by atoms with Crippen LogP contribution in [0.1, 0.15) is 35.6 Å². The first kappa shape index (κ1) is 24.8. The van der Waals surface area contributed by atoms with Crippen LogP contribution in [0.3, 0.4) is 0 Å². The van der Waals surface area contributed by atoms with Gasteiger partial charge in [-0.15, -0.1) is 0 Å². The van der Waals surface area contributed by atoms with E-state index >= 15 is 0 Å². The summed E-state index contributed by atoms with van der Waals surface area (Å²) in [5.41, 5.74) is 6.19. The predicted molar refractivity (Wildman–Crippen MR) is 148 cm³/mol. The van der Waals surface area contributed by atoms with Gasteiger partial charge in [-0.25, -0.2) is 4.98 Å². The number of anilines is 5. The summed E-state index contributed by atoms with van der Waals surface area (Å²) in [4.78, 5) is 14.0. The van der Waals surface area contributed by atoms with Gasteiger partial charge in [0.05, 0.1) is 23.4 Å². The fourth-order valence-electron chi connectivity index (χ4n) is 5.06. The van der Waals surface area contributed by atoms with Gasteiger partial charge in [0.25, 0.3) is 0 Å². The maximum Gasteiger partial charge on any atom is 0.229 e. The van der Waals surface area contributed by atoms with E-state index in [9.17, 15) is 5.11 Å². The zero-order valence-electron chi connectivity index (χ0n) is 21.0. The molecule has 0 amide bonds. The van der Waals surface area contributed by atoms with Crippen molar-refractivity contribution in [2.24, 2.45) is 0 Å². The van der Waals surface area contributed by atoms with Crippen molar-refractivity contribution in [3.05, 3.63) is 57.7 Å². The van der Waals surface area contributed by atoms with Crippen molar-refractivity contribution in [2.75, 3.05) is 55.9 Å². The van der Waals surface area contributed by atoms with Gasteiger partial charge in [-0.05, 0) is 72.4 Å². The van der Waals surface area contributed by atoms with E-state index in [1.165, 1.54) is 16.8 Å². The van der Waals surface area contributed by atoms with E-state index in [4.69, 9.17) is 9.72 Å². The van der Waals surface area contributed by atoms with Gasteiger partial charge in [0.15, 0.2) is 0 Å². The Morgan fingerprint density at radius 1 is 1.11 bits per heavy atom. The molecule has 1 unspecified atom stereocenters. The zero-order valence-corrected chi connectivity index (χ0v) is 22.6. The van der Waals surface area contributed by atoms with Crippen LogP contribution in [-0.4, -0.2) is 60.3 Å². The highest BCUT2D eigenvalue weighted by molar-refractivity contribution is 9.10. The lowest BCUT2D eigenvalue weighted by atomic mass is 9.88. The average Bonchev–Trinajstić information content (AvgIpc) is 2.87. The largest absolute Gasteiger partial charge is 0.494 e. The summed E-state index contributed by atoms with van der Waals surface area (Å²) in [6, 6.07) is 10.3. The van der Waals surface area contributed by atoms with Gasteiger partial charge in [-0.3, -0.25) is 0 Å². The Morgan fingerprint density at radius 2 is 1.92 bits per heavy atom. The molecular formula is C27H33BrN6O2. The van der Waals surface area contributed by atoms with Crippen molar-refractivity contribution in [2.45, 2.75) is 32.3 Å². The number of aromatic nitrogens is 2. The lowest BCUT2D eigenvalue weighted by molar-refractivity contribution is 0.157. The molecule has 0 spiro atoms. The number of ether oxygens (including phenoxy) is 1. The molecule has 9 heteroatoms. The van der Waals surface area contributed by atoms with Crippen molar-refractivity contribution >= 4 is 44.8 Å². The Labute approximate surface area is 220 Å². The molecule has 1 aliphatic heterocycles. The molecule has 2 aromatic carbocycles. The zero-order chi connectivity index (χ0) is 25.2. The fraction of sp³-hybridized carbons (Fsp3) is 0.407. The van der Waals surface area contributed by atoms with Gasteiger partial charge in [0.2, 0.25) is 5.95 Å². The molecule has 2 aliphatic rings. The van der Waals surface area contributed by atoms with Crippen molar-refractivity contribution < 1.29 is 9.84 Å². The summed E-state index contributed by atoms with van der Waals surface area (Å²) in [5.74, 6) is 1.83. The summed E-state index contributed by atoms with van der Waals surface area (Å²) in [7, 11) is 3.84. The summed E-state index contributed by atoms with van der Waals surface area (Å²) < 4.78 is 6.48. The minimum Gasteiger partial charge on any atom is -0.494 e. The molecule has 36 heavy (non-hydrogen) atoms. The monoisotopic (exact) mass is 552 g/mol. The Balaban J connectivity index is 1.40. The molecular weight excluding hydrogens is 520 g/mol. The highest BCUT2D eigenvalue weighted by atomic mass is 79.9. The maximum absolute atomic E-state index is 10.6. The van der Waals surface area contributed by atoms with E-state index in [1.54, 1.807) is 13.3 Å². The SMILES string of the molecule is COc1cc(N2CCN(C)CC2)c(C)cc1Nc1ncc(Br)c(Nc2cccc3c2C(O)CCC3)n1. The fourth-order valence-corrected chi connectivity index (χ4v) is 5.35. The van der Waals surface area contributed by atoms with Crippen molar-refractivity contribution in [1.82, 2.24) is 14.9 Å². The van der Waals surface area contributed by atoms with Crippen LogP contribution in [0.5, 0.6) is 5.75 Å². The second-order valence-electron chi connectivity index (χ2n) is 9.56. The number of halogens is 1. The Kier molecular flexibility index (Phi) is 7.32. The van der Waals surface area contributed by atoms with E-state index in [1.807, 2.05) is 12.1 Å². The first-order valence-electron chi connectivity index (χ1n) is 12.4. The van der Waals surface area contributed by atoms with Crippen LogP contribution in [0, 0.1) is 6.92 Å². The number of rotatable bonds is 6. The van der Waals surface area contributed by atoms with E-state index in [-0.39, 0.29) is 0 Å². The Bertz CT molecular complexity index is 1250. The van der Waals surface area contributed by atoms with Crippen molar-refractivity contribution in [3.8, 4) is 5.75 Å². The van der Waals surface area contributed by atoms with Gasteiger partial charge >= 0.3 is 0 Å². The average molecular weight is 554 g/mol. The van der Waals surface area contributed by atoms with E-state index in [0.29, 0.717) is 11.8 Å². The number of hydrogen-bond acceptors (Lipinski definition) is 8. The highest BCUT2D eigenvalue weighted by Crippen LogP contribution is 2.38. The van der Waals surface area contributed by atoms with Crippen molar-refractivity contribution in [3.63, 3.8) is 0 Å². The maximum atomic E-state index is 10.6. The molecule has 3 N–H and O–H groups in total. The first-order valence-corrected chi connectivity index (χ1v) is 13.2. The van der Waals surface area contributed by atoms with E-state index in [2.05, 4.69) is 73.5 Å². The number of fused-ring (bicyclic) bond motifs is 1. The smallest absolute Gasteiger partial charge is 0.229 e. The van der Waals surface area contributed by atoms with Crippen LogP contribution < -0.4 is 20.3 Å². The van der Waals surface area contributed by atoms with Gasteiger partial charge in [-0.1, -0.05) is 12.1 Å². The van der Waals surface area contributed by atoms with E-state index in [0.717, 1.165) is 72.6 Å². The molecule has 5 rings (SSSR count). The molecule has 190 valence electrons. The van der Waals surface area contributed by atoms with Crippen LogP contribution in [0.2, 0.25) is 0 Å². The summed E-state index contributed by atoms with van der Waals surface area (Å²) >= 11 is 3.57. The van der Waals surface area contributed by atoms with Gasteiger partial charge in [-0.2, -0.15) is 4.98 Å². The second kappa shape index (κ2) is 10.6. The number of methoxy groups -OCH3 is 1. The topological polar surface area (TPSA) is 85.8 Å². The van der Waals surface area contributed by atoms with Crippen LogP contribution in [0.25, 0.3) is 0 Å². The number of hydrogen-bond donors (Lipinski definition) is 3. The lowest BCUT2D eigenvalue weighted by Crippen LogP contribution is -2.44.